The van der Waals surface area contributed by atoms with Gasteiger partial charge in [-0.1, -0.05) is 30.3 Å². The first-order valence-electron chi connectivity index (χ1n) is 9.74. The monoisotopic (exact) mass is 395 g/mol. The third-order valence-electron chi connectivity index (χ3n) is 5.16. The molecule has 152 valence electrons. The Morgan fingerprint density at radius 3 is 2.59 bits per heavy atom. The fourth-order valence-corrected chi connectivity index (χ4v) is 3.51. The van der Waals surface area contributed by atoms with E-state index < -0.39 is 0 Å². The van der Waals surface area contributed by atoms with Crippen LogP contribution >= 0.6 is 0 Å². The van der Waals surface area contributed by atoms with Crippen molar-refractivity contribution in [1.29, 1.82) is 0 Å². The summed E-state index contributed by atoms with van der Waals surface area (Å²) >= 11 is 0. The second-order valence-electron chi connectivity index (χ2n) is 6.99. The summed E-state index contributed by atoms with van der Waals surface area (Å²) in [7, 11) is 3.33. The zero-order chi connectivity index (χ0) is 20.2. The average Bonchev–Trinajstić information content (AvgIpc) is 2.77. The zero-order valence-electron chi connectivity index (χ0n) is 16.8. The first kappa shape index (κ1) is 19.4. The predicted octanol–water partition coefficient (Wildman–Crippen LogP) is 2.32. The normalized spacial score (nSPS) is 14.8. The Kier molecular flexibility index (Phi) is 5.78. The van der Waals surface area contributed by atoms with Gasteiger partial charge in [0.15, 0.2) is 11.5 Å². The number of fused-ring (bicyclic) bond motifs is 1. The van der Waals surface area contributed by atoms with Gasteiger partial charge >= 0.3 is 0 Å². The number of methoxy groups -OCH3 is 1. The third kappa shape index (κ3) is 4.11. The van der Waals surface area contributed by atoms with Crippen LogP contribution in [0.2, 0.25) is 0 Å². The first-order valence-corrected chi connectivity index (χ1v) is 9.74. The lowest BCUT2D eigenvalue weighted by atomic mass is 10.1. The van der Waals surface area contributed by atoms with Crippen molar-refractivity contribution in [2.75, 3.05) is 46.6 Å². The molecule has 1 aromatic heterocycles. The fraction of sp³-hybridized carbons (Fsp3) is 0.364. The van der Waals surface area contributed by atoms with Gasteiger partial charge in [-0.05, 0) is 6.07 Å². The molecule has 1 aliphatic rings. The molecular weight excluding hydrogens is 370 g/mol. The molecule has 2 aromatic carbocycles. The number of hydrogen-bond acceptors (Lipinski definition) is 6. The topological polar surface area (TPSA) is 65.8 Å². The lowest BCUT2D eigenvalue weighted by Crippen LogP contribution is -2.38. The summed E-state index contributed by atoms with van der Waals surface area (Å²) < 4.78 is 18.4. The molecule has 0 spiro atoms. The highest BCUT2D eigenvalue weighted by Crippen LogP contribution is 2.31. The maximum absolute atomic E-state index is 13.0. The minimum absolute atomic E-state index is 0.116. The van der Waals surface area contributed by atoms with Gasteiger partial charge in [0.25, 0.3) is 5.56 Å². The minimum Gasteiger partial charge on any atom is -0.493 e. The summed E-state index contributed by atoms with van der Waals surface area (Å²) in [6, 6.07) is 13.2. The van der Waals surface area contributed by atoms with Crippen LogP contribution < -0.4 is 15.0 Å². The highest BCUT2D eigenvalue weighted by molar-refractivity contribution is 5.83. The van der Waals surface area contributed by atoms with Gasteiger partial charge in [-0.25, -0.2) is 4.98 Å². The number of benzene rings is 2. The smallest absolute Gasteiger partial charge is 0.261 e. The Bertz CT molecular complexity index is 1040. The number of hydrogen-bond donors (Lipinski definition) is 0. The molecule has 1 aliphatic heterocycles. The van der Waals surface area contributed by atoms with Crippen LogP contribution in [0.3, 0.4) is 0 Å². The van der Waals surface area contributed by atoms with Crippen molar-refractivity contribution in [3.05, 3.63) is 52.8 Å². The lowest BCUT2D eigenvalue weighted by molar-refractivity contribution is 0.0321. The van der Waals surface area contributed by atoms with Crippen molar-refractivity contribution >= 4 is 10.9 Å². The van der Waals surface area contributed by atoms with Crippen molar-refractivity contribution < 1.29 is 14.2 Å². The van der Waals surface area contributed by atoms with E-state index in [1.807, 2.05) is 30.3 Å². The third-order valence-corrected chi connectivity index (χ3v) is 5.16. The van der Waals surface area contributed by atoms with E-state index in [0.29, 0.717) is 34.8 Å². The zero-order valence-corrected chi connectivity index (χ0v) is 16.8. The molecule has 0 radical (unpaired) electrons. The summed E-state index contributed by atoms with van der Waals surface area (Å²) in [6.07, 6.45) is 0. The maximum atomic E-state index is 13.0. The van der Waals surface area contributed by atoms with Crippen LogP contribution in [0.15, 0.2) is 47.3 Å². The first-order chi connectivity index (χ1) is 14.2. The van der Waals surface area contributed by atoms with Crippen molar-refractivity contribution in [2.45, 2.75) is 0 Å². The summed E-state index contributed by atoms with van der Waals surface area (Å²) in [5, 5.41) is 0.509. The largest absolute Gasteiger partial charge is 0.493 e. The molecule has 0 atom stereocenters. The molecule has 0 N–H and O–H groups in total. The Morgan fingerprint density at radius 2 is 1.86 bits per heavy atom. The standard InChI is InChI=1S/C22H25N3O4/c1-24-21(16-6-4-3-5-7-16)23-18-15-19(27-2)20(14-17(18)22(24)26)29-13-10-25-8-11-28-12-9-25/h3-7,14-15H,8-13H2,1-2H3. The second kappa shape index (κ2) is 8.63. The SMILES string of the molecule is COc1cc2nc(-c3ccccc3)n(C)c(=O)c2cc1OCCN1CCOCC1. The minimum atomic E-state index is -0.116. The molecule has 7 nitrogen and oxygen atoms in total. The Morgan fingerprint density at radius 1 is 1.10 bits per heavy atom. The van der Waals surface area contributed by atoms with Gasteiger partial charge in [0.05, 0.1) is 31.2 Å². The molecule has 0 aliphatic carbocycles. The molecular formula is C22H25N3O4. The highest BCUT2D eigenvalue weighted by atomic mass is 16.5. The van der Waals surface area contributed by atoms with E-state index in [1.54, 1.807) is 30.9 Å². The van der Waals surface area contributed by atoms with E-state index in [-0.39, 0.29) is 5.56 Å². The van der Waals surface area contributed by atoms with Gasteiger partial charge in [0, 0.05) is 38.3 Å². The van der Waals surface area contributed by atoms with Gasteiger partial charge in [0.2, 0.25) is 0 Å². The molecule has 0 bridgehead atoms. The number of morpholine rings is 1. The van der Waals surface area contributed by atoms with Gasteiger partial charge in [-0.2, -0.15) is 0 Å². The highest BCUT2D eigenvalue weighted by Gasteiger charge is 2.16. The summed E-state index contributed by atoms with van der Waals surface area (Å²) in [6.45, 7) is 4.64. The van der Waals surface area contributed by atoms with Gasteiger partial charge in [-0.3, -0.25) is 14.3 Å². The molecule has 2 heterocycles. The molecule has 1 fully saturated rings. The van der Waals surface area contributed by atoms with Crippen LogP contribution in [-0.2, 0) is 11.8 Å². The van der Waals surface area contributed by atoms with Crippen LogP contribution in [0.1, 0.15) is 0 Å². The van der Waals surface area contributed by atoms with E-state index in [2.05, 4.69) is 4.90 Å². The lowest BCUT2D eigenvalue weighted by Gasteiger charge is -2.26. The quantitative estimate of drug-likeness (QED) is 0.638. The predicted molar refractivity (Wildman–Crippen MR) is 112 cm³/mol. The number of rotatable bonds is 6. The number of nitrogens with zero attached hydrogens (tertiary/aromatic N) is 3. The second-order valence-corrected chi connectivity index (χ2v) is 6.99. The Balaban J connectivity index is 1.64. The summed E-state index contributed by atoms with van der Waals surface area (Å²) in [5.74, 6) is 1.74. The Hall–Kier alpha value is -2.90. The van der Waals surface area contributed by atoms with Gasteiger partial charge in [0.1, 0.15) is 12.4 Å². The van der Waals surface area contributed by atoms with E-state index >= 15 is 0 Å². The fourth-order valence-electron chi connectivity index (χ4n) is 3.51. The number of ether oxygens (including phenoxy) is 3. The average molecular weight is 395 g/mol. The van der Waals surface area contributed by atoms with Gasteiger partial charge in [-0.15, -0.1) is 0 Å². The van der Waals surface area contributed by atoms with Crippen LogP contribution in [0.4, 0.5) is 0 Å². The van der Waals surface area contributed by atoms with Crippen molar-refractivity contribution in [3.63, 3.8) is 0 Å². The molecule has 0 amide bonds. The van der Waals surface area contributed by atoms with Crippen LogP contribution in [-0.4, -0.2) is 61.0 Å². The van der Waals surface area contributed by atoms with Crippen molar-refractivity contribution in [2.24, 2.45) is 7.05 Å². The van der Waals surface area contributed by atoms with E-state index in [4.69, 9.17) is 19.2 Å². The van der Waals surface area contributed by atoms with E-state index in [1.165, 1.54) is 0 Å². The van der Waals surface area contributed by atoms with E-state index in [0.717, 1.165) is 38.4 Å². The molecule has 0 saturated carbocycles. The number of aromatic nitrogens is 2. The molecule has 1 saturated heterocycles. The molecule has 4 rings (SSSR count). The molecule has 3 aromatic rings. The van der Waals surface area contributed by atoms with Crippen LogP contribution in [0, 0.1) is 0 Å². The Labute approximate surface area is 169 Å². The van der Waals surface area contributed by atoms with Gasteiger partial charge < -0.3 is 14.2 Å². The molecule has 0 unspecified atom stereocenters. The van der Waals surface area contributed by atoms with E-state index in [9.17, 15) is 4.79 Å². The maximum Gasteiger partial charge on any atom is 0.261 e. The van der Waals surface area contributed by atoms with Crippen LogP contribution in [0.25, 0.3) is 22.3 Å². The van der Waals surface area contributed by atoms with Crippen molar-refractivity contribution in [1.82, 2.24) is 14.5 Å². The molecule has 7 heteroatoms. The summed E-state index contributed by atoms with van der Waals surface area (Å²) in [5.41, 5.74) is 1.36. The van der Waals surface area contributed by atoms with Crippen molar-refractivity contribution in [3.8, 4) is 22.9 Å². The van der Waals surface area contributed by atoms with Crippen LogP contribution in [0.5, 0.6) is 11.5 Å². The summed E-state index contributed by atoms with van der Waals surface area (Å²) in [4.78, 5) is 20.0. The molecule has 29 heavy (non-hydrogen) atoms.